The molecule has 0 aliphatic rings. The van der Waals surface area contributed by atoms with Gasteiger partial charge in [0.25, 0.3) is 0 Å². The minimum atomic E-state index is -1.06. The monoisotopic (exact) mass is 280 g/mol. The van der Waals surface area contributed by atoms with Gasteiger partial charge in [-0.3, -0.25) is 0 Å². The lowest BCUT2D eigenvalue weighted by atomic mass is 10.1. The first-order valence-corrected chi connectivity index (χ1v) is 6.50. The predicted octanol–water partition coefficient (Wildman–Crippen LogP) is 2.70. The maximum absolute atomic E-state index is 11.9. The summed E-state index contributed by atoms with van der Waals surface area (Å²) in [5.41, 5.74) is 0.416. The fourth-order valence-electron chi connectivity index (χ4n) is 1.78. The molecular formula is C14H20N2O4. The fourth-order valence-corrected chi connectivity index (χ4v) is 1.78. The number of anilines is 1. The summed E-state index contributed by atoms with van der Waals surface area (Å²) in [6, 6.07) is 4.01. The van der Waals surface area contributed by atoms with Crippen molar-refractivity contribution >= 4 is 17.7 Å². The Balaban J connectivity index is 2.86. The topological polar surface area (TPSA) is 87.7 Å². The van der Waals surface area contributed by atoms with Gasteiger partial charge in [-0.2, -0.15) is 0 Å². The zero-order chi connectivity index (χ0) is 15.1. The smallest absolute Gasteiger partial charge is 0.335 e. The number of hydrogen-bond acceptors (Lipinski definition) is 3. The van der Waals surface area contributed by atoms with Crippen molar-refractivity contribution in [3.63, 3.8) is 0 Å². The number of carboxylic acid groups (broad SMARTS) is 1. The van der Waals surface area contributed by atoms with Crippen LogP contribution in [0, 0.1) is 0 Å². The van der Waals surface area contributed by atoms with Crippen LogP contribution in [0.1, 0.15) is 37.0 Å². The second-order valence-corrected chi connectivity index (χ2v) is 4.33. The van der Waals surface area contributed by atoms with Crippen molar-refractivity contribution in [1.29, 1.82) is 0 Å². The van der Waals surface area contributed by atoms with Gasteiger partial charge in [0.2, 0.25) is 0 Å². The Bertz CT molecular complexity index is 484. The van der Waals surface area contributed by atoms with Crippen LogP contribution in [0.4, 0.5) is 10.5 Å². The van der Waals surface area contributed by atoms with E-state index in [0.29, 0.717) is 11.4 Å². The van der Waals surface area contributed by atoms with Crippen LogP contribution < -0.4 is 15.4 Å². The molecule has 0 aliphatic carbocycles. The largest absolute Gasteiger partial charge is 0.495 e. The maximum atomic E-state index is 11.9. The number of hydrogen-bond donors (Lipinski definition) is 3. The van der Waals surface area contributed by atoms with E-state index in [4.69, 9.17) is 9.84 Å². The van der Waals surface area contributed by atoms with Crippen LogP contribution >= 0.6 is 0 Å². The molecule has 0 saturated carbocycles. The molecule has 0 unspecified atom stereocenters. The van der Waals surface area contributed by atoms with Crippen molar-refractivity contribution in [1.82, 2.24) is 5.32 Å². The number of nitrogens with one attached hydrogen (secondary N) is 2. The number of rotatable bonds is 6. The molecule has 20 heavy (non-hydrogen) atoms. The van der Waals surface area contributed by atoms with E-state index in [-0.39, 0.29) is 17.6 Å². The maximum Gasteiger partial charge on any atom is 0.335 e. The summed E-state index contributed by atoms with van der Waals surface area (Å²) in [6.07, 6.45) is 1.66. The zero-order valence-electron chi connectivity index (χ0n) is 11.9. The van der Waals surface area contributed by atoms with E-state index >= 15 is 0 Å². The number of carbonyl (C=O) groups is 2. The number of urea groups is 1. The summed E-state index contributed by atoms with van der Waals surface area (Å²) in [4.78, 5) is 22.8. The molecule has 0 heterocycles. The molecule has 0 bridgehead atoms. The van der Waals surface area contributed by atoms with Gasteiger partial charge in [0.1, 0.15) is 5.75 Å². The number of ether oxygens (including phenoxy) is 1. The van der Waals surface area contributed by atoms with Gasteiger partial charge in [0.15, 0.2) is 0 Å². The Labute approximate surface area is 118 Å². The molecule has 0 aromatic heterocycles. The van der Waals surface area contributed by atoms with E-state index in [1.807, 2.05) is 13.8 Å². The highest BCUT2D eigenvalue weighted by atomic mass is 16.5. The van der Waals surface area contributed by atoms with Gasteiger partial charge in [0.05, 0.1) is 18.4 Å². The number of carboxylic acids is 1. The minimum absolute atomic E-state index is 0.0867. The number of benzene rings is 1. The SMILES string of the molecule is CCC(CC)NC(=O)Nc1cc(C(=O)O)ccc1OC. The number of carbonyl (C=O) groups excluding carboxylic acids is 1. The molecule has 0 spiro atoms. The van der Waals surface area contributed by atoms with Gasteiger partial charge in [-0.1, -0.05) is 13.8 Å². The van der Waals surface area contributed by atoms with Crippen LogP contribution in [-0.4, -0.2) is 30.3 Å². The van der Waals surface area contributed by atoms with Gasteiger partial charge in [-0.25, -0.2) is 9.59 Å². The van der Waals surface area contributed by atoms with Crippen LogP contribution in [0.15, 0.2) is 18.2 Å². The van der Waals surface area contributed by atoms with Crippen LogP contribution in [0.3, 0.4) is 0 Å². The van der Waals surface area contributed by atoms with E-state index in [2.05, 4.69) is 10.6 Å². The fraction of sp³-hybridized carbons (Fsp3) is 0.429. The van der Waals surface area contributed by atoms with E-state index in [1.54, 1.807) is 0 Å². The second kappa shape index (κ2) is 7.37. The van der Waals surface area contributed by atoms with Crippen molar-refractivity contribution in [3.8, 4) is 5.75 Å². The van der Waals surface area contributed by atoms with E-state index in [9.17, 15) is 9.59 Å². The predicted molar refractivity (Wildman–Crippen MR) is 76.5 cm³/mol. The standard InChI is InChI=1S/C14H20N2O4/c1-4-10(5-2)15-14(19)16-11-8-9(13(17)18)6-7-12(11)20-3/h6-8,10H,4-5H2,1-3H3,(H,17,18)(H2,15,16,19). The molecule has 6 nitrogen and oxygen atoms in total. The van der Waals surface area contributed by atoms with Gasteiger partial charge < -0.3 is 20.5 Å². The molecule has 0 aliphatic heterocycles. The lowest BCUT2D eigenvalue weighted by molar-refractivity contribution is 0.0697. The Morgan fingerprint density at radius 2 is 1.95 bits per heavy atom. The highest BCUT2D eigenvalue weighted by Gasteiger charge is 2.13. The number of aromatic carboxylic acids is 1. The Morgan fingerprint density at radius 1 is 1.30 bits per heavy atom. The third kappa shape index (κ3) is 4.15. The molecule has 6 heteroatoms. The Morgan fingerprint density at radius 3 is 2.45 bits per heavy atom. The number of methoxy groups -OCH3 is 1. The van der Waals surface area contributed by atoms with E-state index in [0.717, 1.165) is 12.8 Å². The van der Waals surface area contributed by atoms with Crippen molar-refractivity contribution in [2.75, 3.05) is 12.4 Å². The van der Waals surface area contributed by atoms with Gasteiger partial charge in [-0.05, 0) is 31.0 Å². The Kier molecular flexibility index (Phi) is 5.83. The van der Waals surface area contributed by atoms with Gasteiger partial charge >= 0.3 is 12.0 Å². The highest BCUT2D eigenvalue weighted by molar-refractivity contribution is 5.94. The van der Waals surface area contributed by atoms with Crippen molar-refractivity contribution in [2.45, 2.75) is 32.7 Å². The van der Waals surface area contributed by atoms with Crippen LogP contribution in [0.5, 0.6) is 5.75 Å². The van der Waals surface area contributed by atoms with Crippen LogP contribution in [0.25, 0.3) is 0 Å². The first-order chi connectivity index (χ1) is 9.51. The molecule has 0 atom stereocenters. The lowest BCUT2D eigenvalue weighted by Crippen LogP contribution is -2.37. The van der Waals surface area contributed by atoms with Crippen molar-refractivity contribution in [2.24, 2.45) is 0 Å². The summed E-state index contributed by atoms with van der Waals surface area (Å²) in [5, 5.41) is 14.4. The summed E-state index contributed by atoms with van der Waals surface area (Å²) in [5.74, 6) is -0.647. The summed E-state index contributed by atoms with van der Waals surface area (Å²) < 4.78 is 5.10. The molecule has 1 aromatic carbocycles. The molecule has 1 rings (SSSR count). The normalized spacial score (nSPS) is 10.2. The first kappa shape index (κ1) is 15.8. The van der Waals surface area contributed by atoms with Crippen molar-refractivity contribution < 1.29 is 19.4 Å². The summed E-state index contributed by atoms with van der Waals surface area (Å²) in [6.45, 7) is 3.97. The van der Waals surface area contributed by atoms with E-state index in [1.165, 1.54) is 25.3 Å². The molecular weight excluding hydrogens is 260 g/mol. The summed E-state index contributed by atoms with van der Waals surface area (Å²) in [7, 11) is 1.46. The van der Waals surface area contributed by atoms with Gasteiger partial charge in [0, 0.05) is 6.04 Å². The molecule has 0 radical (unpaired) electrons. The van der Waals surface area contributed by atoms with Crippen LogP contribution in [-0.2, 0) is 0 Å². The molecule has 0 fully saturated rings. The molecule has 110 valence electrons. The Hall–Kier alpha value is -2.24. The van der Waals surface area contributed by atoms with Crippen LogP contribution in [0.2, 0.25) is 0 Å². The highest BCUT2D eigenvalue weighted by Crippen LogP contribution is 2.25. The second-order valence-electron chi connectivity index (χ2n) is 4.33. The lowest BCUT2D eigenvalue weighted by Gasteiger charge is -2.16. The third-order valence-corrected chi connectivity index (χ3v) is 3.02. The average molecular weight is 280 g/mol. The van der Waals surface area contributed by atoms with Gasteiger partial charge in [-0.15, -0.1) is 0 Å². The number of amides is 2. The molecule has 3 N–H and O–H groups in total. The summed E-state index contributed by atoms with van der Waals surface area (Å²) >= 11 is 0. The molecule has 1 aromatic rings. The quantitative estimate of drug-likeness (QED) is 0.747. The third-order valence-electron chi connectivity index (χ3n) is 3.02. The first-order valence-electron chi connectivity index (χ1n) is 6.50. The molecule has 2 amide bonds. The minimum Gasteiger partial charge on any atom is -0.495 e. The zero-order valence-corrected chi connectivity index (χ0v) is 11.9. The average Bonchev–Trinajstić information content (AvgIpc) is 2.44. The molecule has 0 saturated heterocycles. The van der Waals surface area contributed by atoms with Crippen molar-refractivity contribution in [3.05, 3.63) is 23.8 Å². The van der Waals surface area contributed by atoms with E-state index < -0.39 is 5.97 Å².